The molecule has 1 aliphatic heterocycles. The smallest absolute Gasteiger partial charge is 0.276 e. The minimum absolute atomic E-state index is 0.0306. The molecule has 0 saturated carbocycles. The third-order valence-corrected chi connectivity index (χ3v) is 5.40. The maximum absolute atomic E-state index is 12.3. The third-order valence-electron chi connectivity index (χ3n) is 3.44. The van der Waals surface area contributed by atoms with E-state index >= 15 is 0 Å². The van der Waals surface area contributed by atoms with Crippen LogP contribution in [-0.2, 0) is 15.9 Å². The van der Waals surface area contributed by atoms with Crippen LogP contribution in [0.2, 0.25) is 0 Å². The number of halogens is 1. The number of hydrogen-bond donors (Lipinski definition) is 0. The van der Waals surface area contributed by atoms with Gasteiger partial charge in [-0.2, -0.15) is 4.31 Å². The van der Waals surface area contributed by atoms with Crippen molar-refractivity contribution < 1.29 is 12.8 Å². The summed E-state index contributed by atoms with van der Waals surface area (Å²) < 4.78 is 31.2. The Kier molecular flexibility index (Phi) is 4.55. The lowest BCUT2D eigenvalue weighted by Gasteiger charge is -2.19. The van der Waals surface area contributed by atoms with Crippen molar-refractivity contribution in [3.8, 4) is 0 Å². The Morgan fingerprint density at radius 2 is 2.26 bits per heavy atom. The Balaban J connectivity index is 2.06. The molecular weight excluding hydrogens is 288 g/mol. The summed E-state index contributed by atoms with van der Waals surface area (Å²) >= 11 is 5.62. The van der Waals surface area contributed by atoms with E-state index in [2.05, 4.69) is 4.90 Å². The van der Waals surface area contributed by atoms with Gasteiger partial charge in [0.05, 0.1) is 5.88 Å². The molecule has 108 valence electrons. The fourth-order valence-corrected chi connectivity index (χ4v) is 3.67. The molecule has 7 heteroatoms. The zero-order chi connectivity index (χ0) is 14.0. The molecule has 0 bridgehead atoms. The summed E-state index contributed by atoms with van der Waals surface area (Å²) in [7, 11) is 0.0995. The number of nitrogens with zero attached hydrogens (tertiary/aromatic N) is 2. The first-order chi connectivity index (χ1) is 8.93. The van der Waals surface area contributed by atoms with Crippen LogP contribution in [0.25, 0.3) is 0 Å². The first-order valence-corrected chi connectivity index (χ1v) is 8.20. The van der Waals surface area contributed by atoms with E-state index in [-0.39, 0.29) is 11.0 Å². The highest BCUT2D eigenvalue weighted by molar-refractivity contribution is 7.89. The van der Waals surface area contributed by atoms with E-state index in [1.54, 1.807) is 13.1 Å². The van der Waals surface area contributed by atoms with E-state index in [0.717, 1.165) is 19.5 Å². The summed E-state index contributed by atoms with van der Waals surface area (Å²) in [4.78, 5) is 2.21. The number of rotatable bonds is 5. The van der Waals surface area contributed by atoms with Crippen LogP contribution in [0.5, 0.6) is 0 Å². The van der Waals surface area contributed by atoms with E-state index in [4.69, 9.17) is 16.0 Å². The molecular formula is C12H19ClN2O3S. The standard InChI is InChI=1S/C12H19ClN2O3S/c1-14-6-5-10(8-14)9-15(2)19(16,17)12-4-3-11(7-13)18-12/h3-4,10H,5-9H2,1-2H3. The van der Waals surface area contributed by atoms with Gasteiger partial charge in [0.15, 0.2) is 0 Å². The summed E-state index contributed by atoms with van der Waals surface area (Å²) in [6, 6.07) is 3.06. The average Bonchev–Trinajstić information content (AvgIpc) is 2.98. The molecule has 5 nitrogen and oxygen atoms in total. The molecule has 0 spiro atoms. The van der Waals surface area contributed by atoms with Gasteiger partial charge in [0.2, 0.25) is 5.09 Å². The molecule has 0 aliphatic carbocycles. The number of alkyl halides is 1. The topological polar surface area (TPSA) is 53.8 Å². The molecule has 2 rings (SSSR count). The van der Waals surface area contributed by atoms with Gasteiger partial charge in [0, 0.05) is 20.1 Å². The minimum Gasteiger partial charge on any atom is -0.447 e. The summed E-state index contributed by atoms with van der Waals surface area (Å²) in [6.07, 6.45) is 1.03. The second-order valence-electron chi connectivity index (χ2n) is 5.06. The van der Waals surface area contributed by atoms with Gasteiger partial charge >= 0.3 is 0 Å². The predicted octanol–water partition coefficient (Wildman–Crippen LogP) is 1.59. The summed E-state index contributed by atoms with van der Waals surface area (Å²) in [6.45, 7) is 2.48. The van der Waals surface area contributed by atoms with Gasteiger partial charge in [-0.15, -0.1) is 11.6 Å². The van der Waals surface area contributed by atoms with Crippen LogP contribution in [0, 0.1) is 5.92 Å². The predicted molar refractivity (Wildman–Crippen MR) is 73.7 cm³/mol. The quantitative estimate of drug-likeness (QED) is 0.775. The van der Waals surface area contributed by atoms with Crippen molar-refractivity contribution >= 4 is 21.6 Å². The second kappa shape index (κ2) is 5.83. The van der Waals surface area contributed by atoms with Gasteiger partial charge in [-0.3, -0.25) is 0 Å². The van der Waals surface area contributed by atoms with Gasteiger partial charge in [0.25, 0.3) is 10.0 Å². The van der Waals surface area contributed by atoms with Crippen molar-refractivity contribution in [2.75, 3.05) is 33.7 Å². The molecule has 19 heavy (non-hydrogen) atoms. The zero-order valence-electron chi connectivity index (χ0n) is 11.2. The fourth-order valence-electron chi connectivity index (χ4n) is 2.36. The average molecular weight is 307 g/mol. The largest absolute Gasteiger partial charge is 0.447 e. The fraction of sp³-hybridized carbons (Fsp3) is 0.667. The van der Waals surface area contributed by atoms with Crippen LogP contribution in [-0.4, -0.2) is 51.4 Å². The number of hydrogen-bond acceptors (Lipinski definition) is 4. The van der Waals surface area contributed by atoms with Crippen LogP contribution in [0.4, 0.5) is 0 Å². The monoisotopic (exact) mass is 306 g/mol. The van der Waals surface area contributed by atoms with Gasteiger partial charge in [0.1, 0.15) is 5.76 Å². The molecule has 0 N–H and O–H groups in total. The van der Waals surface area contributed by atoms with Gasteiger partial charge in [-0.05, 0) is 38.1 Å². The Morgan fingerprint density at radius 1 is 1.53 bits per heavy atom. The van der Waals surface area contributed by atoms with Crippen LogP contribution in [0.1, 0.15) is 12.2 Å². The molecule has 1 fully saturated rings. The maximum atomic E-state index is 12.3. The molecule has 0 radical (unpaired) electrons. The second-order valence-corrected chi connectivity index (χ2v) is 7.30. The SMILES string of the molecule is CN1CCC(CN(C)S(=O)(=O)c2ccc(CCl)o2)C1. The number of furan rings is 1. The minimum atomic E-state index is -3.54. The van der Waals surface area contributed by atoms with E-state index in [0.29, 0.717) is 18.2 Å². The molecule has 1 atom stereocenters. The Morgan fingerprint density at radius 3 is 2.79 bits per heavy atom. The van der Waals surface area contributed by atoms with Crippen molar-refractivity contribution in [3.05, 3.63) is 17.9 Å². The summed E-state index contributed by atoms with van der Waals surface area (Å²) in [5.41, 5.74) is 0. The highest BCUT2D eigenvalue weighted by Gasteiger charge is 2.29. The molecule has 2 heterocycles. The molecule has 1 aromatic rings. The van der Waals surface area contributed by atoms with Crippen LogP contribution < -0.4 is 0 Å². The van der Waals surface area contributed by atoms with Gasteiger partial charge in [-0.1, -0.05) is 0 Å². The lowest BCUT2D eigenvalue weighted by Crippen LogP contribution is -2.32. The van der Waals surface area contributed by atoms with Gasteiger partial charge in [-0.25, -0.2) is 8.42 Å². The third kappa shape index (κ3) is 3.31. The molecule has 0 amide bonds. The van der Waals surface area contributed by atoms with E-state index in [1.807, 2.05) is 7.05 Å². The Bertz CT molecular complexity index is 529. The van der Waals surface area contributed by atoms with Crippen molar-refractivity contribution in [1.29, 1.82) is 0 Å². The molecule has 1 saturated heterocycles. The van der Waals surface area contributed by atoms with Crippen molar-refractivity contribution in [2.45, 2.75) is 17.4 Å². The van der Waals surface area contributed by atoms with E-state index < -0.39 is 10.0 Å². The Hall–Kier alpha value is -0.560. The van der Waals surface area contributed by atoms with E-state index in [1.165, 1.54) is 10.4 Å². The first-order valence-electron chi connectivity index (χ1n) is 6.23. The lowest BCUT2D eigenvalue weighted by molar-refractivity contribution is 0.345. The molecule has 0 aromatic carbocycles. The Labute approximate surface area is 119 Å². The highest BCUT2D eigenvalue weighted by Crippen LogP contribution is 2.22. The molecule has 1 aromatic heterocycles. The number of sulfonamides is 1. The molecule has 1 unspecified atom stereocenters. The molecule has 1 aliphatic rings. The van der Waals surface area contributed by atoms with E-state index in [9.17, 15) is 8.42 Å². The van der Waals surface area contributed by atoms with Crippen LogP contribution in [0.15, 0.2) is 21.6 Å². The maximum Gasteiger partial charge on any atom is 0.276 e. The van der Waals surface area contributed by atoms with Crippen molar-refractivity contribution in [1.82, 2.24) is 9.21 Å². The summed E-state index contributed by atoms with van der Waals surface area (Å²) in [5, 5.41) is -0.0306. The van der Waals surface area contributed by atoms with Crippen LogP contribution >= 0.6 is 11.6 Å². The zero-order valence-corrected chi connectivity index (χ0v) is 12.7. The first kappa shape index (κ1) is 14.8. The van der Waals surface area contributed by atoms with Crippen molar-refractivity contribution in [3.63, 3.8) is 0 Å². The lowest BCUT2D eigenvalue weighted by atomic mass is 10.1. The van der Waals surface area contributed by atoms with Gasteiger partial charge < -0.3 is 9.32 Å². The van der Waals surface area contributed by atoms with Crippen molar-refractivity contribution in [2.24, 2.45) is 5.92 Å². The normalized spacial score (nSPS) is 21.4. The van der Waals surface area contributed by atoms with Crippen LogP contribution in [0.3, 0.4) is 0 Å². The summed E-state index contributed by atoms with van der Waals surface area (Å²) in [5.74, 6) is 1.02. The number of likely N-dealkylation sites (tertiary alicyclic amines) is 1. The highest BCUT2D eigenvalue weighted by atomic mass is 35.5.